The van der Waals surface area contributed by atoms with Crippen LogP contribution in [0.4, 0.5) is 16.3 Å². The summed E-state index contributed by atoms with van der Waals surface area (Å²) >= 11 is 1.29. The molecule has 1 aliphatic rings. The highest BCUT2D eigenvalue weighted by molar-refractivity contribution is 7.10. The number of nitrogens with zero attached hydrogens (tertiary/aromatic N) is 2. The van der Waals surface area contributed by atoms with Gasteiger partial charge in [0.25, 0.3) is 0 Å². The smallest absolute Gasteiger partial charge is 0.320 e. The third-order valence-corrected chi connectivity index (χ3v) is 6.09. The number of hydrogen-bond donors (Lipinski definition) is 3. The first-order valence-corrected chi connectivity index (χ1v) is 11.1. The van der Waals surface area contributed by atoms with E-state index in [1.54, 1.807) is 5.38 Å². The SMILES string of the molecule is C#Cc1nc(NC(=O)NC(CO)c2ccc(-c3ccccc3)cc2N2CCCC2)cs1. The van der Waals surface area contributed by atoms with E-state index in [9.17, 15) is 9.90 Å². The highest BCUT2D eigenvalue weighted by Crippen LogP contribution is 2.34. The molecule has 0 spiro atoms. The van der Waals surface area contributed by atoms with Crippen molar-refractivity contribution in [3.63, 3.8) is 0 Å². The minimum Gasteiger partial charge on any atom is -0.394 e. The van der Waals surface area contributed by atoms with Crippen molar-refractivity contribution in [3.05, 3.63) is 64.5 Å². The Labute approximate surface area is 185 Å². The van der Waals surface area contributed by atoms with Crippen LogP contribution < -0.4 is 15.5 Å². The zero-order valence-electron chi connectivity index (χ0n) is 17.0. The average Bonchev–Trinajstić information content (AvgIpc) is 3.50. The van der Waals surface area contributed by atoms with Crippen molar-refractivity contribution in [1.82, 2.24) is 10.3 Å². The number of rotatable bonds is 6. The highest BCUT2D eigenvalue weighted by Gasteiger charge is 2.23. The molecule has 0 saturated carbocycles. The number of aromatic nitrogens is 1. The third-order valence-electron chi connectivity index (χ3n) is 5.32. The maximum Gasteiger partial charge on any atom is 0.320 e. The van der Waals surface area contributed by atoms with Crippen molar-refractivity contribution in [1.29, 1.82) is 0 Å². The molecule has 1 unspecified atom stereocenters. The topological polar surface area (TPSA) is 77.5 Å². The number of benzene rings is 2. The van der Waals surface area contributed by atoms with Gasteiger partial charge in [-0.25, -0.2) is 9.78 Å². The first-order valence-electron chi connectivity index (χ1n) is 10.2. The van der Waals surface area contributed by atoms with E-state index in [1.165, 1.54) is 11.3 Å². The summed E-state index contributed by atoms with van der Waals surface area (Å²) in [5, 5.41) is 17.8. The predicted molar refractivity (Wildman–Crippen MR) is 125 cm³/mol. The van der Waals surface area contributed by atoms with Crippen molar-refractivity contribution in [2.45, 2.75) is 18.9 Å². The first kappa shape index (κ1) is 20.9. The molecular weight excluding hydrogens is 408 g/mol. The summed E-state index contributed by atoms with van der Waals surface area (Å²) in [6.07, 6.45) is 7.60. The Kier molecular flexibility index (Phi) is 6.51. The van der Waals surface area contributed by atoms with Gasteiger partial charge in [-0.2, -0.15) is 0 Å². The molecule has 1 fully saturated rings. The molecule has 1 aromatic heterocycles. The van der Waals surface area contributed by atoms with Gasteiger partial charge < -0.3 is 15.3 Å². The Balaban J connectivity index is 1.59. The first-order chi connectivity index (χ1) is 15.2. The molecule has 2 amide bonds. The van der Waals surface area contributed by atoms with Gasteiger partial charge in [-0.3, -0.25) is 5.32 Å². The minimum atomic E-state index is -0.550. The summed E-state index contributed by atoms with van der Waals surface area (Å²) in [6.45, 7) is 1.71. The number of carbonyl (C=O) groups is 1. The summed E-state index contributed by atoms with van der Waals surface area (Å²) in [5.74, 6) is 2.84. The summed E-state index contributed by atoms with van der Waals surface area (Å²) < 4.78 is 0. The van der Waals surface area contributed by atoms with Crippen LogP contribution in [0.1, 0.15) is 29.5 Å². The van der Waals surface area contributed by atoms with Crippen molar-refractivity contribution in [2.75, 3.05) is 29.9 Å². The van der Waals surface area contributed by atoms with Crippen LogP contribution in [0.2, 0.25) is 0 Å². The van der Waals surface area contributed by atoms with Gasteiger partial charge in [-0.1, -0.05) is 42.5 Å². The van der Waals surface area contributed by atoms with Gasteiger partial charge in [0, 0.05) is 29.7 Å². The Bertz CT molecular complexity index is 1080. The Morgan fingerprint density at radius 3 is 2.65 bits per heavy atom. The van der Waals surface area contributed by atoms with E-state index in [1.807, 2.05) is 30.3 Å². The lowest BCUT2D eigenvalue weighted by Crippen LogP contribution is -2.35. The number of aliphatic hydroxyl groups is 1. The molecule has 6 nitrogen and oxygen atoms in total. The molecule has 0 aliphatic carbocycles. The number of aliphatic hydroxyl groups excluding tert-OH is 1. The summed E-state index contributed by atoms with van der Waals surface area (Å²) in [7, 11) is 0. The van der Waals surface area contributed by atoms with Gasteiger partial charge in [0.15, 0.2) is 5.01 Å². The maximum absolute atomic E-state index is 12.5. The summed E-state index contributed by atoms with van der Waals surface area (Å²) in [5.41, 5.74) is 4.17. The predicted octanol–water partition coefficient (Wildman–Crippen LogP) is 4.25. The zero-order chi connectivity index (χ0) is 21.6. The molecule has 1 saturated heterocycles. The fourth-order valence-electron chi connectivity index (χ4n) is 3.81. The van der Waals surface area contributed by atoms with Crippen molar-refractivity contribution >= 4 is 28.9 Å². The van der Waals surface area contributed by atoms with E-state index in [4.69, 9.17) is 6.42 Å². The molecule has 1 aliphatic heterocycles. The lowest BCUT2D eigenvalue weighted by molar-refractivity contribution is 0.225. The second kappa shape index (κ2) is 9.65. The number of urea groups is 1. The van der Waals surface area contributed by atoms with E-state index in [0.29, 0.717) is 10.8 Å². The van der Waals surface area contributed by atoms with Crippen molar-refractivity contribution in [3.8, 4) is 23.5 Å². The zero-order valence-corrected chi connectivity index (χ0v) is 17.9. The van der Waals surface area contributed by atoms with Gasteiger partial charge in [-0.15, -0.1) is 17.8 Å². The average molecular weight is 433 g/mol. The molecular formula is C24H24N4O2S. The molecule has 0 radical (unpaired) electrons. The molecule has 158 valence electrons. The van der Waals surface area contributed by atoms with E-state index in [0.717, 1.165) is 48.3 Å². The van der Waals surface area contributed by atoms with Gasteiger partial charge in [0.2, 0.25) is 0 Å². The van der Waals surface area contributed by atoms with Crippen molar-refractivity contribution < 1.29 is 9.90 Å². The third kappa shape index (κ3) is 4.88. The molecule has 31 heavy (non-hydrogen) atoms. The van der Waals surface area contributed by atoms with Crippen LogP contribution in [0.15, 0.2) is 53.9 Å². The second-order valence-corrected chi connectivity index (χ2v) is 8.21. The molecule has 0 bridgehead atoms. The van der Waals surface area contributed by atoms with Gasteiger partial charge in [-0.05, 0) is 36.0 Å². The quantitative estimate of drug-likeness (QED) is 0.509. The van der Waals surface area contributed by atoms with Crippen LogP contribution in [-0.4, -0.2) is 35.8 Å². The summed E-state index contributed by atoms with van der Waals surface area (Å²) in [4.78, 5) is 19.0. The standard InChI is InChI=1S/C24H24N4O2S/c1-2-23-26-22(16-31-23)27-24(30)25-20(15-29)19-11-10-18(17-8-4-3-5-9-17)14-21(19)28-12-6-7-13-28/h1,3-5,8-11,14,16,20,29H,6-7,12-13,15H2,(H2,25,27,30). The number of anilines is 2. The molecule has 3 N–H and O–H groups in total. The van der Waals surface area contributed by atoms with E-state index in [2.05, 4.69) is 44.6 Å². The normalized spacial score (nSPS) is 14.1. The van der Waals surface area contributed by atoms with E-state index in [-0.39, 0.29) is 6.61 Å². The largest absolute Gasteiger partial charge is 0.394 e. The number of nitrogens with one attached hydrogen (secondary N) is 2. The number of terminal acetylenes is 1. The van der Waals surface area contributed by atoms with Crippen LogP contribution in [-0.2, 0) is 0 Å². The molecule has 4 rings (SSSR count). The van der Waals surface area contributed by atoms with Crippen LogP contribution in [0.3, 0.4) is 0 Å². The van der Waals surface area contributed by atoms with Crippen LogP contribution in [0.25, 0.3) is 11.1 Å². The fourth-order valence-corrected chi connectivity index (χ4v) is 4.36. The number of hydrogen-bond acceptors (Lipinski definition) is 5. The lowest BCUT2D eigenvalue weighted by atomic mass is 9.98. The van der Waals surface area contributed by atoms with Crippen LogP contribution in [0.5, 0.6) is 0 Å². The van der Waals surface area contributed by atoms with E-state index < -0.39 is 12.1 Å². The number of amides is 2. The Morgan fingerprint density at radius 2 is 1.97 bits per heavy atom. The fraction of sp³-hybridized carbons (Fsp3) is 0.250. The van der Waals surface area contributed by atoms with Crippen LogP contribution in [0, 0.1) is 12.3 Å². The molecule has 7 heteroatoms. The Morgan fingerprint density at radius 1 is 1.19 bits per heavy atom. The highest BCUT2D eigenvalue weighted by atomic mass is 32.1. The molecule has 1 atom stereocenters. The van der Waals surface area contributed by atoms with Gasteiger partial charge in [0.05, 0.1) is 12.6 Å². The second-order valence-electron chi connectivity index (χ2n) is 7.35. The molecule has 2 heterocycles. The lowest BCUT2D eigenvalue weighted by Gasteiger charge is -2.27. The minimum absolute atomic E-state index is 0.217. The maximum atomic E-state index is 12.5. The molecule has 2 aromatic carbocycles. The van der Waals surface area contributed by atoms with Gasteiger partial charge in [0.1, 0.15) is 5.82 Å². The molecule has 3 aromatic rings. The number of carbonyl (C=O) groups excluding carboxylic acids is 1. The van der Waals surface area contributed by atoms with Crippen molar-refractivity contribution in [2.24, 2.45) is 0 Å². The van der Waals surface area contributed by atoms with Gasteiger partial charge >= 0.3 is 6.03 Å². The van der Waals surface area contributed by atoms with Crippen LogP contribution >= 0.6 is 11.3 Å². The monoisotopic (exact) mass is 432 g/mol. The number of thiazole rings is 1. The van der Waals surface area contributed by atoms with E-state index >= 15 is 0 Å². The Hall–Kier alpha value is -3.34. The summed E-state index contributed by atoms with van der Waals surface area (Å²) in [6, 6.07) is 15.4.